The van der Waals surface area contributed by atoms with Crippen LogP contribution < -0.4 is 0 Å². The maximum absolute atomic E-state index is 13.5. The van der Waals surface area contributed by atoms with Crippen LogP contribution in [0.5, 0.6) is 0 Å². The number of ether oxygens (including phenoxy) is 1. The molecule has 2 aliphatic carbocycles. The maximum Gasteiger partial charge on any atom is 0.418 e. The van der Waals surface area contributed by atoms with Crippen molar-refractivity contribution in [2.75, 3.05) is 6.54 Å². The van der Waals surface area contributed by atoms with Crippen LogP contribution in [0.15, 0.2) is 48.5 Å². The Bertz CT molecular complexity index is 1080. The van der Waals surface area contributed by atoms with Gasteiger partial charge in [-0.3, -0.25) is 9.59 Å². The summed E-state index contributed by atoms with van der Waals surface area (Å²) in [5, 5.41) is 0. The minimum absolute atomic E-state index is 0.0335. The number of halogens is 1. The van der Waals surface area contributed by atoms with Gasteiger partial charge in [0.05, 0.1) is 0 Å². The molecule has 2 aromatic rings. The highest BCUT2D eigenvalue weighted by Gasteiger charge is 2.58. The summed E-state index contributed by atoms with van der Waals surface area (Å²) in [7, 11) is 0. The van der Waals surface area contributed by atoms with Crippen molar-refractivity contribution in [2.45, 2.75) is 63.1 Å². The van der Waals surface area contributed by atoms with Gasteiger partial charge in [0.25, 0.3) is 5.91 Å². The molecule has 0 unspecified atom stereocenters. The highest BCUT2D eigenvalue weighted by Crippen LogP contribution is 2.45. The highest BCUT2D eigenvalue weighted by molar-refractivity contribution is 6.06. The number of fused-ring (bicyclic) bond motifs is 2. The molecule has 2 aromatic carbocycles. The lowest BCUT2D eigenvalue weighted by Gasteiger charge is -2.35. The first kappa shape index (κ1) is 21.6. The summed E-state index contributed by atoms with van der Waals surface area (Å²) in [6, 6.07) is 13.6. The van der Waals surface area contributed by atoms with E-state index in [-0.39, 0.29) is 24.3 Å². The Labute approximate surface area is 192 Å². The number of benzene rings is 2. The standard InChI is InChI=1S/C26H27FN2O4/c27-20-12-10-18(11-13-20)16-28(21-7-2-1-3-8-21)23(30)17-29-24(31)26(33-25(29)32)15-14-19-6-4-5-9-22(19)26/h4-6,9-13,21H,1-3,7-8,14-17H2/t26-/m1/s1. The molecule has 2 fully saturated rings. The Kier molecular flexibility index (Phi) is 5.64. The first-order valence-electron chi connectivity index (χ1n) is 11.7. The molecule has 1 aliphatic heterocycles. The first-order valence-corrected chi connectivity index (χ1v) is 11.7. The van der Waals surface area contributed by atoms with Gasteiger partial charge in [0.2, 0.25) is 11.5 Å². The molecule has 33 heavy (non-hydrogen) atoms. The van der Waals surface area contributed by atoms with Crippen LogP contribution in [-0.2, 0) is 32.9 Å². The fourth-order valence-electron chi connectivity index (χ4n) is 5.42. The van der Waals surface area contributed by atoms with Crippen molar-refractivity contribution >= 4 is 17.9 Å². The molecule has 0 N–H and O–H groups in total. The van der Waals surface area contributed by atoms with Crippen LogP contribution in [0.4, 0.5) is 9.18 Å². The van der Waals surface area contributed by atoms with Gasteiger partial charge in [-0.25, -0.2) is 14.1 Å². The summed E-state index contributed by atoms with van der Waals surface area (Å²) in [6.45, 7) is -0.0336. The highest BCUT2D eigenvalue weighted by atomic mass is 19.1. The van der Waals surface area contributed by atoms with E-state index >= 15 is 0 Å². The average molecular weight is 451 g/mol. The van der Waals surface area contributed by atoms with Crippen LogP contribution in [-0.4, -0.2) is 40.3 Å². The predicted molar refractivity (Wildman–Crippen MR) is 118 cm³/mol. The number of carbonyl (C=O) groups is 3. The number of rotatable bonds is 5. The van der Waals surface area contributed by atoms with Crippen molar-refractivity contribution in [2.24, 2.45) is 0 Å². The van der Waals surface area contributed by atoms with E-state index in [1.54, 1.807) is 17.0 Å². The van der Waals surface area contributed by atoms with Gasteiger partial charge >= 0.3 is 6.09 Å². The van der Waals surface area contributed by atoms with Gasteiger partial charge < -0.3 is 9.64 Å². The zero-order chi connectivity index (χ0) is 23.0. The number of hydrogen-bond donors (Lipinski definition) is 0. The van der Waals surface area contributed by atoms with Crippen LogP contribution in [0.3, 0.4) is 0 Å². The number of aryl methyl sites for hydroxylation is 1. The maximum atomic E-state index is 13.5. The molecule has 1 spiro atoms. The van der Waals surface area contributed by atoms with Crippen LogP contribution >= 0.6 is 0 Å². The minimum atomic E-state index is -1.32. The van der Waals surface area contributed by atoms with Crippen LogP contribution in [0, 0.1) is 5.82 Å². The monoisotopic (exact) mass is 450 g/mol. The zero-order valence-electron chi connectivity index (χ0n) is 18.5. The third kappa shape index (κ3) is 3.90. The van der Waals surface area contributed by atoms with E-state index in [9.17, 15) is 18.8 Å². The SMILES string of the molecule is O=C1O[C@@]2(CCc3ccccc32)C(=O)N1CC(=O)N(Cc1ccc(F)cc1)C1CCCCC1. The predicted octanol–water partition coefficient (Wildman–Crippen LogP) is 4.31. The first-order chi connectivity index (χ1) is 16.0. The normalized spacial score (nSPS) is 22.5. The third-order valence-electron chi connectivity index (χ3n) is 7.17. The number of nitrogens with zero attached hydrogens (tertiary/aromatic N) is 2. The Morgan fingerprint density at radius 2 is 1.79 bits per heavy atom. The van der Waals surface area contributed by atoms with Crippen molar-refractivity contribution in [3.8, 4) is 0 Å². The third-order valence-corrected chi connectivity index (χ3v) is 7.17. The Hall–Kier alpha value is -3.22. The summed E-state index contributed by atoms with van der Waals surface area (Å²) < 4.78 is 19.0. The van der Waals surface area contributed by atoms with Crippen LogP contribution in [0.25, 0.3) is 0 Å². The lowest BCUT2D eigenvalue weighted by Crippen LogP contribution is -2.48. The number of hydrogen-bond acceptors (Lipinski definition) is 4. The van der Waals surface area contributed by atoms with E-state index in [2.05, 4.69) is 0 Å². The second-order valence-electron chi connectivity index (χ2n) is 9.18. The Balaban J connectivity index is 1.37. The van der Waals surface area contributed by atoms with Crippen molar-refractivity contribution in [1.82, 2.24) is 9.80 Å². The number of imide groups is 1. The molecular weight excluding hydrogens is 423 g/mol. The quantitative estimate of drug-likeness (QED) is 0.681. The average Bonchev–Trinajstić information content (AvgIpc) is 3.32. The van der Waals surface area contributed by atoms with E-state index in [1.807, 2.05) is 24.3 Å². The summed E-state index contributed by atoms with van der Waals surface area (Å²) in [5.74, 6) is -1.09. The van der Waals surface area contributed by atoms with E-state index < -0.39 is 17.6 Å². The molecule has 1 saturated heterocycles. The fraction of sp³-hybridized carbons (Fsp3) is 0.423. The molecule has 1 heterocycles. The molecule has 5 rings (SSSR count). The lowest BCUT2D eigenvalue weighted by atomic mass is 9.93. The second kappa shape index (κ2) is 8.61. The lowest BCUT2D eigenvalue weighted by molar-refractivity contribution is -0.143. The number of carbonyl (C=O) groups excluding carboxylic acids is 3. The van der Waals surface area contributed by atoms with E-state index in [0.717, 1.165) is 48.1 Å². The summed E-state index contributed by atoms with van der Waals surface area (Å²) in [4.78, 5) is 42.3. The summed E-state index contributed by atoms with van der Waals surface area (Å²) in [6.07, 6.45) is 5.22. The minimum Gasteiger partial charge on any atom is -0.427 e. The van der Waals surface area contributed by atoms with Gasteiger partial charge in [-0.05, 0) is 42.5 Å². The molecule has 0 bridgehead atoms. The van der Waals surface area contributed by atoms with E-state index in [0.29, 0.717) is 24.9 Å². The molecule has 7 heteroatoms. The second-order valence-corrected chi connectivity index (χ2v) is 9.18. The fourth-order valence-corrected chi connectivity index (χ4v) is 5.42. The molecule has 3 amide bonds. The van der Waals surface area contributed by atoms with Crippen molar-refractivity contribution in [1.29, 1.82) is 0 Å². The van der Waals surface area contributed by atoms with Crippen molar-refractivity contribution in [3.63, 3.8) is 0 Å². The largest absolute Gasteiger partial charge is 0.427 e. The molecule has 3 aliphatic rings. The van der Waals surface area contributed by atoms with Crippen molar-refractivity contribution in [3.05, 3.63) is 71.0 Å². The summed E-state index contributed by atoms with van der Waals surface area (Å²) in [5.41, 5.74) is 1.20. The molecule has 0 aromatic heterocycles. The molecule has 172 valence electrons. The van der Waals surface area contributed by atoms with E-state index in [1.165, 1.54) is 12.1 Å². The van der Waals surface area contributed by atoms with Gasteiger partial charge in [-0.1, -0.05) is 55.7 Å². The Morgan fingerprint density at radius 1 is 1.06 bits per heavy atom. The molecule has 1 saturated carbocycles. The zero-order valence-corrected chi connectivity index (χ0v) is 18.5. The van der Waals surface area contributed by atoms with Gasteiger partial charge in [-0.15, -0.1) is 0 Å². The van der Waals surface area contributed by atoms with Crippen LogP contribution in [0.2, 0.25) is 0 Å². The van der Waals surface area contributed by atoms with Crippen molar-refractivity contribution < 1.29 is 23.5 Å². The van der Waals surface area contributed by atoms with Gasteiger partial charge in [-0.2, -0.15) is 0 Å². The molecule has 1 atom stereocenters. The molecule has 0 radical (unpaired) electrons. The number of amides is 3. The smallest absolute Gasteiger partial charge is 0.418 e. The van der Waals surface area contributed by atoms with Crippen LogP contribution in [0.1, 0.15) is 55.2 Å². The van der Waals surface area contributed by atoms with E-state index in [4.69, 9.17) is 4.74 Å². The summed E-state index contributed by atoms with van der Waals surface area (Å²) >= 11 is 0. The Morgan fingerprint density at radius 3 is 2.55 bits per heavy atom. The van der Waals surface area contributed by atoms with Gasteiger partial charge in [0.1, 0.15) is 12.4 Å². The molecular formula is C26H27FN2O4. The molecule has 6 nitrogen and oxygen atoms in total. The van der Waals surface area contributed by atoms with Gasteiger partial charge in [0, 0.05) is 24.6 Å². The topological polar surface area (TPSA) is 66.9 Å². The van der Waals surface area contributed by atoms with Gasteiger partial charge in [0.15, 0.2) is 0 Å².